The van der Waals surface area contributed by atoms with Crippen molar-refractivity contribution in [3.05, 3.63) is 53.6 Å². The molecule has 1 unspecified atom stereocenters. The third kappa shape index (κ3) is 4.52. The first kappa shape index (κ1) is 17.7. The number of hydrogen-bond donors (Lipinski definition) is 2. The molecule has 2 N–H and O–H groups in total. The van der Waals surface area contributed by atoms with Gasteiger partial charge in [0, 0.05) is 25.3 Å². The number of urea groups is 1. The smallest absolute Gasteiger partial charge is 0.319 e. The summed E-state index contributed by atoms with van der Waals surface area (Å²) in [5.74, 6) is 2.13. The van der Waals surface area contributed by atoms with Crippen LogP contribution in [0.15, 0.2) is 42.5 Å². The molecule has 0 aliphatic carbocycles. The standard InChI is InChI=1S/C21H25N3O3/c1-15-3-2-4-18(9-15)23-21(25)22-11-17-7-8-24(13-17)12-16-5-6-19-20(10-16)27-14-26-19/h2-6,9-10,17H,7-8,11-14H2,1H3,(H2,22,23,25). The maximum absolute atomic E-state index is 12.1. The van der Waals surface area contributed by atoms with E-state index in [0.29, 0.717) is 19.3 Å². The summed E-state index contributed by atoms with van der Waals surface area (Å²) in [7, 11) is 0. The maximum Gasteiger partial charge on any atom is 0.319 e. The minimum absolute atomic E-state index is 0.144. The number of carbonyl (C=O) groups is 1. The number of anilines is 1. The van der Waals surface area contributed by atoms with Gasteiger partial charge in [0.15, 0.2) is 11.5 Å². The second kappa shape index (κ2) is 7.88. The van der Waals surface area contributed by atoms with E-state index in [4.69, 9.17) is 9.47 Å². The summed E-state index contributed by atoms with van der Waals surface area (Å²) in [5, 5.41) is 5.89. The lowest BCUT2D eigenvalue weighted by Crippen LogP contribution is -2.34. The number of fused-ring (bicyclic) bond motifs is 1. The van der Waals surface area contributed by atoms with Crippen LogP contribution in [0.4, 0.5) is 10.5 Å². The Morgan fingerprint density at radius 1 is 1.19 bits per heavy atom. The van der Waals surface area contributed by atoms with Crippen molar-refractivity contribution in [2.75, 3.05) is 31.7 Å². The van der Waals surface area contributed by atoms with Gasteiger partial charge in [-0.2, -0.15) is 0 Å². The lowest BCUT2D eigenvalue weighted by atomic mass is 10.1. The highest BCUT2D eigenvalue weighted by molar-refractivity contribution is 5.89. The molecule has 2 amide bonds. The van der Waals surface area contributed by atoms with Gasteiger partial charge in [-0.25, -0.2) is 4.79 Å². The van der Waals surface area contributed by atoms with E-state index in [1.54, 1.807) is 0 Å². The van der Waals surface area contributed by atoms with Crippen LogP contribution in [0.25, 0.3) is 0 Å². The molecule has 2 aliphatic rings. The predicted octanol–water partition coefficient (Wildman–Crippen LogP) is 3.37. The Kier molecular flexibility index (Phi) is 5.16. The summed E-state index contributed by atoms with van der Waals surface area (Å²) in [4.78, 5) is 14.5. The second-order valence-electron chi connectivity index (χ2n) is 7.28. The number of rotatable bonds is 5. The first-order valence-corrected chi connectivity index (χ1v) is 9.38. The highest BCUT2D eigenvalue weighted by Gasteiger charge is 2.23. The van der Waals surface area contributed by atoms with Crippen molar-refractivity contribution in [2.45, 2.75) is 19.9 Å². The Bertz CT molecular complexity index is 824. The molecule has 2 aromatic carbocycles. The number of likely N-dealkylation sites (tertiary alicyclic amines) is 1. The summed E-state index contributed by atoms with van der Waals surface area (Å²) in [5.41, 5.74) is 3.18. The number of aryl methyl sites for hydroxylation is 1. The van der Waals surface area contributed by atoms with Crippen LogP contribution in [0.2, 0.25) is 0 Å². The third-order valence-corrected chi connectivity index (χ3v) is 5.04. The lowest BCUT2D eigenvalue weighted by molar-refractivity contribution is 0.174. The van der Waals surface area contributed by atoms with Crippen molar-refractivity contribution < 1.29 is 14.3 Å². The fourth-order valence-electron chi connectivity index (χ4n) is 3.66. The second-order valence-corrected chi connectivity index (χ2v) is 7.28. The van der Waals surface area contributed by atoms with Crippen molar-refractivity contribution >= 4 is 11.7 Å². The van der Waals surface area contributed by atoms with Gasteiger partial charge in [-0.15, -0.1) is 0 Å². The molecule has 6 heteroatoms. The zero-order chi connectivity index (χ0) is 18.6. The number of nitrogens with zero attached hydrogens (tertiary/aromatic N) is 1. The average Bonchev–Trinajstić information content (AvgIpc) is 3.29. The van der Waals surface area contributed by atoms with Crippen LogP contribution in [0.5, 0.6) is 11.5 Å². The number of nitrogens with one attached hydrogen (secondary N) is 2. The Morgan fingerprint density at radius 2 is 2.07 bits per heavy atom. The molecule has 1 atom stereocenters. The molecule has 142 valence electrons. The summed E-state index contributed by atoms with van der Waals surface area (Å²) < 4.78 is 10.8. The van der Waals surface area contributed by atoms with E-state index < -0.39 is 0 Å². The molecule has 0 bridgehead atoms. The monoisotopic (exact) mass is 367 g/mol. The molecule has 0 aromatic heterocycles. The Balaban J connectivity index is 1.22. The van der Waals surface area contributed by atoms with E-state index >= 15 is 0 Å². The topological polar surface area (TPSA) is 62.8 Å². The molecule has 0 saturated carbocycles. The van der Waals surface area contributed by atoms with E-state index in [9.17, 15) is 4.79 Å². The van der Waals surface area contributed by atoms with Crippen molar-refractivity contribution in [3.63, 3.8) is 0 Å². The zero-order valence-corrected chi connectivity index (χ0v) is 15.5. The van der Waals surface area contributed by atoms with E-state index in [1.807, 2.05) is 37.3 Å². The average molecular weight is 367 g/mol. The SMILES string of the molecule is Cc1cccc(NC(=O)NCC2CCN(Cc3ccc4c(c3)OCO4)C2)c1. The maximum atomic E-state index is 12.1. The van der Waals surface area contributed by atoms with Crippen LogP contribution in [0.1, 0.15) is 17.5 Å². The molecule has 2 heterocycles. The normalized spacial score (nSPS) is 18.5. The number of hydrogen-bond acceptors (Lipinski definition) is 4. The minimum Gasteiger partial charge on any atom is -0.454 e. The molecular weight excluding hydrogens is 342 g/mol. The van der Waals surface area contributed by atoms with Gasteiger partial charge in [-0.1, -0.05) is 18.2 Å². The first-order valence-electron chi connectivity index (χ1n) is 9.38. The van der Waals surface area contributed by atoms with E-state index in [1.165, 1.54) is 5.56 Å². The number of benzene rings is 2. The van der Waals surface area contributed by atoms with E-state index in [0.717, 1.165) is 48.8 Å². The van der Waals surface area contributed by atoms with Crippen LogP contribution in [0.3, 0.4) is 0 Å². The van der Waals surface area contributed by atoms with Gasteiger partial charge in [0.1, 0.15) is 0 Å². The largest absolute Gasteiger partial charge is 0.454 e. The Labute approximate surface area is 159 Å². The summed E-state index contributed by atoms with van der Waals surface area (Å²) in [6, 6.07) is 13.8. The van der Waals surface area contributed by atoms with Crippen LogP contribution in [-0.4, -0.2) is 37.4 Å². The lowest BCUT2D eigenvalue weighted by Gasteiger charge is -2.17. The molecule has 2 aliphatic heterocycles. The van der Waals surface area contributed by atoms with Gasteiger partial charge >= 0.3 is 6.03 Å². The van der Waals surface area contributed by atoms with E-state index in [2.05, 4.69) is 27.7 Å². The molecule has 1 saturated heterocycles. The third-order valence-electron chi connectivity index (χ3n) is 5.04. The van der Waals surface area contributed by atoms with E-state index in [-0.39, 0.29) is 6.03 Å². The predicted molar refractivity (Wildman–Crippen MR) is 104 cm³/mol. The molecule has 0 spiro atoms. The molecule has 27 heavy (non-hydrogen) atoms. The van der Waals surface area contributed by atoms with Gasteiger partial charge in [-0.05, 0) is 61.2 Å². The number of carbonyl (C=O) groups excluding carboxylic acids is 1. The van der Waals surface area contributed by atoms with Gasteiger partial charge in [0.05, 0.1) is 0 Å². The number of amides is 2. The molecule has 4 rings (SSSR count). The molecule has 6 nitrogen and oxygen atoms in total. The van der Waals surface area contributed by atoms with Crippen molar-refractivity contribution in [3.8, 4) is 11.5 Å². The van der Waals surface area contributed by atoms with Crippen LogP contribution < -0.4 is 20.1 Å². The van der Waals surface area contributed by atoms with Crippen LogP contribution in [-0.2, 0) is 6.54 Å². The van der Waals surface area contributed by atoms with Crippen LogP contribution in [0, 0.1) is 12.8 Å². The van der Waals surface area contributed by atoms with Crippen molar-refractivity contribution in [2.24, 2.45) is 5.92 Å². The zero-order valence-electron chi connectivity index (χ0n) is 15.5. The van der Waals surface area contributed by atoms with Gasteiger partial charge in [-0.3, -0.25) is 4.90 Å². The van der Waals surface area contributed by atoms with Crippen molar-refractivity contribution in [1.82, 2.24) is 10.2 Å². The van der Waals surface area contributed by atoms with Gasteiger partial charge in [0.2, 0.25) is 6.79 Å². The summed E-state index contributed by atoms with van der Waals surface area (Å²) >= 11 is 0. The van der Waals surface area contributed by atoms with Gasteiger partial charge < -0.3 is 20.1 Å². The Morgan fingerprint density at radius 3 is 2.96 bits per heavy atom. The molecular formula is C21H25N3O3. The fourth-order valence-corrected chi connectivity index (χ4v) is 3.66. The highest BCUT2D eigenvalue weighted by Crippen LogP contribution is 2.33. The highest BCUT2D eigenvalue weighted by atomic mass is 16.7. The minimum atomic E-state index is -0.144. The quantitative estimate of drug-likeness (QED) is 0.851. The molecule has 2 aromatic rings. The fraction of sp³-hybridized carbons (Fsp3) is 0.381. The Hall–Kier alpha value is -2.73. The summed E-state index contributed by atoms with van der Waals surface area (Å²) in [6.07, 6.45) is 1.09. The van der Waals surface area contributed by atoms with Crippen LogP contribution >= 0.6 is 0 Å². The van der Waals surface area contributed by atoms with Gasteiger partial charge in [0.25, 0.3) is 0 Å². The summed E-state index contributed by atoms with van der Waals surface area (Å²) in [6.45, 7) is 5.93. The number of ether oxygens (including phenoxy) is 2. The first-order chi connectivity index (χ1) is 13.2. The van der Waals surface area contributed by atoms with Crippen molar-refractivity contribution in [1.29, 1.82) is 0 Å². The molecule has 1 fully saturated rings. The molecule has 0 radical (unpaired) electrons.